The van der Waals surface area contributed by atoms with Crippen molar-refractivity contribution in [3.05, 3.63) is 36.0 Å². The van der Waals surface area contributed by atoms with Crippen LogP contribution in [0.3, 0.4) is 0 Å². The number of hydrogen-bond donors (Lipinski definition) is 2. The van der Waals surface area contributed by atoms with Crippen LogP contribution in [-0.2, 0) is 0 Å². The number of amides is 1. The molecule has 1 aromatic heterocycles. The number of benzene rings is 1. The number of para-hydroxylation sites is 1. The number of nitrogens with two attached hydrogens (primary N) is 1. The van der Waals surface area contributed by atoms with Gasteiger partial charge in [-0.15, -0.1) is 0 Å². The molecule has 0 radical (unpaired) electrons. The first-order chi connectivity index (χ1) is 9.16. The van der Waals surface area contributed by atoms with Crippen molar-refractivity contribution in [2.45, 2.75) is 19.4 Å². The largest absolute Gasteiger partial charge is 0.360 e. The van der Waals surface area contributed by atoms with E-state index in [1.54, 1.807) is 6.20 Å². The lowest BCUT2D eigenvalue weighted by molar-refractivity contribution is 0.0674. The molecule has 2 heterocycles. The first-order valence-electron chi connectivity index (χ1n) is 6.78. The first-order valence-corrected chi connectivity index (χ1v) is 6.78. The van der Waals surface area contributed by atoms with E-state index >= 15 is 0 Å². The number of hydrogen-bond acceptors (Lipinski definition) is 2. The van der Waals surface area contributed by atoms with Gasteiger partial charge in [-0.05, 0) is 18.4 Å². The van der Waals surface area contributed by atoms with Gasteiger partial charge in [0.05, 0.1) is 5.56 Å². The van der Waals surface area contributed by atoms with E-state index in [1.807, 2.05) is 29.2 Å². The zero-order valence-corrected chi connectivity index (χ0v) is 11.1. The van der Waals surface area contributed by atoms with Crippen molar-refractivity contribution >= 4 is 16.8 Å². The van der Waals surface area contributed by atoms with E-state index in [4.69, 9.17) is 5.73 Å². The van der Waals surface area contributed by atoms with Crippen molar-refractivity contribution in [3.8, 4) is 0 Å². The molecule has 2 atom stereocenters. The number of fused-ring (bicyclic) bond motifs is 1. The van der Waals surface area contributed by atoms with Gasteiger partial charge in [0.15, 0.2) is 0 Å². The molecule has 1 saturated heterocycles. The van der Waals surface area contributed by atoms with Crippen molar-refractivity contribution in [3.63, 3.8) is 0 Å². The molecule has 4 heteroatoms. The monoisotopic (exact) mass is 257 g/mol. The summed E-state index contributed by atoms with van der Waals surface area (Å²) in [6.07, 6.45) is 2.78. The number of rotatable bonds is 1. The highest BCUT2D eigenvalue weighted by Gasteiger charge is 2.27. The molecule has 1 aromatic carbocycles. The van der Waals surface area contributed by atoms with E-state index < -0.39 is 0 Å². The Hall–Kier alpha value is -1.81. The van der Waals surface area contributed by atoms with E-state index in [0.29, 0.717) is 12.5 Å². The number of carbonyl (C=O) groups is 1. The third kappa shape index (κ3) is 2.12. The standard InChI is InChI=1S/C15H19N3O/c1-10-6-7-18(9-13(10)16)15(19)12-8-17-14-5-3-2-4-11(12)14/h2-5,8,10,13,17H,6-7,9,16H2,1H3. The van der Waals surface area contributed by atoms with E-state index in [9.17, 15) is 4.79 Å². The van der Waals surface area contributed by atoms with Crippen LogP contribution in [0.15, 0.2) is 30.5 Å². The van der Waals surface area contributed by atoms with Crippen molar-refractivity contribution in [1.29, 1.82) is 0 Å². The maximum absolute atomic E-state index is 12.6. The Labute approximate surface area is 112 Å². The number of aromatic nitrogens is 1. The average molecular weight is 257 g/mol. The normalized spacial score (nSPS) is 23.8. The number of nitrogens with zero attached hydrogens (tertiary/aromatic N) is 1. The van der Waals surface area contributed by atoms with Crippen molar-refractivity contribution in [2.75, 3.05) is 13.1 Å². The zero-order valence-electron chi connectivity index (χ0n) is 11.1. The van der Waals surface area contributed by atoms with Crippen LogP contribution in [0, 0.1) is 5.92 Å². The Kier molecular flexibility index (Phi) is 3.03. The Balaban J connectivity index is 1.88. The third-order valence-corrected chi connectivity index (χ3v) is 4.12. The second kappa shape index (κ2) is 4.70. The minimum atomic E-state index is 0.0831. The summed E-state index contributed by atoms with van der Waals surface area (Å²) >= 11 is 0. The lowest BCUT2D eigenvalue weighted by Crippen LogP contribution is -2.49. The molecule has 0 saturated carbocycles. The predicted molar refractivity (Wildman–Crippen MR) is 76.0 cm³/mol. The predicted octanol–water partition coefficient (Wildman–Crippen LogP) is 1.98. The highest BCUT2D eigenvalue weighted by Crippen LogP contribution is 2.22. The van der Waals surface area contributed by atoms with Crippen LogP contribution >= 0.6 is 0 Å². The van der Waals surface area contributed by atoms with Gasteiger partial charge in [-0.25, -0.2) is 0 Å². The Morgan fingerprint density at radius 1 is 1.42 bits per heavy atom. The lowest BCUT2D eigenvalue weighted by Gasteiger charge is -2.35. The third-order valence-electron chi connectivity index (χ3n) is 4.12. The van der Waals surface area contributed by atoms with E-state index in [1.165, 1.54) is 0 Å². The smallest absolute Gasteiger partial charge is 0.256 e. The van der Waals surface area contributed by atoms with Gasteiger partial charge in [0, 0.05) is 36.2 Å². The molecule has 0 spiro atoms. The molecule has 3 rings (SSSR count). The van der Waals surface area contributed by atoms with Gasteiger partial charge in [0.25, 0.3) is 5.91 Å². The summed E-state index contributed by atoms with van der Waals surface area (Å²) in [5, 5.41) is 0.986. The topological polar surface area (TPSA) is 62.1 Å². The molecule has 1 aliphatic rings. The van der Waals surface area contributed by atoms with Gasteiger partial charge in [-0.3, -0.25) is 4.79 Å². The first kappa shape index (κ1) is 12.2. The molecule has 1 fully saturated rings. The van der Waals surface area contributed by atoms with E-state index in [0.717, 1.165) is 29.4 Å². The highest BCUT2D eigenvalue weighted by molar-refractivity contribution is 6.06. The molecular formula is C15H19N3O. The average Bonchev–Trinajstić information content (AvgIpc) is 2.85. The number of H-pyrrole nitrogens is 1. The summed E-state index contributed by atoms with van der Waals surface area (Å²) in [7, 11) is 0. The van der Waals surface area contributed by atoms with Gasteiger partial charge < -0.3 is 15.6 Å². The summed E-state index contributed by atoms with van der Waals surface area (Å²) in [6.45, 7) is 3.60. The van der Waals surface area contributed by atoms with Crippen LogP contribution in [0.2, 0.25) is 0 Å². The lowest BCUT2D eigenvalue weighted by atomic mass is 9.94. The molecule has 0 bridgehead atoms. The summed E-state index contributed by atoms with van der Waals surface area (Å²) < 4.78 is 0. The number of carbonyl (C=O) groups excluding carboxylic acids is 1. The molecular weight excluding hydrogens is 238 g/mol. The fourth-order valence-electron chi connectivity index (χ4n) is 2.70. The molecule has 0 aliphatic carbocycles. The Bertz CT molecular complexity index is 604. The molecule has 4 nitrogen and oxygen atoms in total. The Morgan fingerprint density at radius 3 is 3.00 bits per heavy atom. The fourth-order valence-corrected chi connectivity index (χ4v) is 2.70. The van der Waals surface area contributed by atoms with Crippen LogP contribution < -0.4 is 5.73 Å². The second-order valence-corrected chi connectivity index (χ2v) is 5.43. The van der Waals surface area contributed by atoms with Crippen LogP contribution in [0.5, 0.6) is 0 Å². The number of likely N-dealkylation sites (tertiary alicyclic amines) is 1. The molecule has 100 valence electrons. The molecule has 3 N–H and O–H groups in total. The molecule has 2 unspecified atom stereocenters. The summed E-state index contributed by atoms with van der Waals surface area (Å²) in [6, 6.07) is 7.97. The van der Waals surface area contributed by atoms with Crippen LogP contribution in [0.1, 0.15) is 23.7 Å². The van der Waals surface area contributed by atoms with Gasteiger partial charge in [-0.1, -0.05) is 25.1 Å². The minimum absolute atomic E-state index is 0.0831. The minimum Gasteiger partial charge on any atom is -0.360 e. The zero-order chi connectivity index (χ0) is 13.4. The highest BCUT2D eigenvalue weighted by atomic mass is 16.2. The van der Waals surface area contributed by atoms with E-state index in [-0.39, 0.29) is 11.9 Å². The second-order valence-electron chi connectivity index (χ2n) is 5.43. The molecule has 1 amide bonds. The summed E-state index contributed by atoms with van der Waals surface area (Å²) in [4.78, 5) is 17.6. The number of aromatic amines is 1. The van der Waals surface area contributed by atoms with Gasteiger partial charge in [0.1, 0.15) is 0 Å². The number of piperidine rings is 1. The van der Waals surface area contributed by atoms with Gasteiger partial charge >= 0.3 is 0 Å². The summed E-state index contributed by atoms with van der Waals surface area (Å²) in [5.41, 5.74) is 7.82. The van der Waals surface area contributed by atoms with Crippen molar-refractivity contribution in [2.24, 2.45) is 11.7 Å². The van der Waals surface area contributed by atoms with E-state index in [2.05, 4.69) is 11.9 Å². The Morgan fingerprint density at radius 2 is 2.21 bits per heavy atom. The maximum Gasteiger partial charge on any atom is 0.256 e. The SMILES string of the molecule is CC1CCN(C(=O)c2c[nH]c3ccccc23)CC1N. The van der Waals surface area contributed by atoms with Crippen LogP contribution in [0.25, 0.3) is 10.9 Å². The van der Waals surface area contributed by atoms with Gasteiger partial charge in [-0.2, -0.15) is 0 Å². The molecule has 19 heavy (non-hydrogen) atoms. The van der Waals surface area contributed by atoms with Gasteiger partial charge in [0.2, 0.25) is 0 Å². The quantitative estimate of drug-likeness (QED) is 0.820. The summed E-state index contributed by atoms with van der Waals surface area (Å²) in [5.74, 6) is 0.576. The van der Waals surface area contributed by atoms with Crippen LogP contribution in [0.4, 0.5) is 0 Å². The van der Waals surface area contributed by atoms with Crippen molar-refractivity contribution < 1.29 is 4.79 Å². The number of nitrogens with one attached hydrogen (secondary N) is 1. The maximum atomic E-state index is 12.6. The molecule has 2 aromatic rings. The fraction of sp³-hybridized carbons (Fsp3) is 0.400. The molecule has 1 aliphatic heterocycles. The van der Waals surface area contributed by atoms with Crippen LogP contribution in [-0.4, -0.2) is 34.9 Å². The van der Waals surface area contributed by atoms with Crippen molar-refractivity contribution in [1.82, 2.24) is 9.88 Å².